The van der Waals surface area contributed by atoms with Crippen LogP contribution in [0.25, 0.3) is 88.6 Å². The molecule has 0 fully saturated rings. The molecule has 10 heteroatoms. The van der Waals surface area contributed by atoms with Crippen LogP contribution in [0.3, 0.4) is 0 Å². The fourth-order valence-electron chi connectivity index (χ4n) is 19.7. The molecule has 15 aromatic carbocycles. The molecule has 0 N–H and O–H groups in total. The van der Waals surface area contributed by atoms with Crippen molar-refractivity contribution in [2.75, 3.05) is 19.6 Å². The number of nitrogens with zero attached hydrogens (tertiary/aromatic N) is 8. The second-order valence-electron chi connectivity index (χ2n) is 34.6. The summed E-state index contributed by atoms with van der Waals surface area (Å²) >= 11 is 0. The molecule has 0 saturated carbocycles. The molecule has 124 heavy (non-hydrogen) atoms. The second kappa shape index (κ2) is 31.6. The average Bonchev–Trinajstić information content (AvgIpc) is 1.53. The van der Waals surface area contributed by atoms with Gasteiger partial charge in [0.05, 0.1) is 0 Å². The van der Waals surface area contributed by atoms with Crippen LogP contribution < -0.4 is 19.6 Å². The van der Waals surface area contributed by atoms with Crippen molar-refractivity contribution in [2.45, 2.75) is 76.3 Å². The van der Waals surface area contributed by atoms with E-state index in [0.29, 0.717) is 0 Å². The Balaban J connectivity index is 0.000000155. The van der Waals surface area contributed by atoms with Gasteiger partial charge in [0.15, 0.2) is 0 Å². The molecule has 2 aliphatic carbocycles. The van der Waals surface area contributed by atoms with Crippen molar-refractivity contribution in [3.05, 3.63) is 481 Å². The summed E-state index contributed by atoms with van der Waals surface area (Å²) in [6.07, 6.45) is 3.90. The van der Waals surface area contributed by atoms with Crippen LogP contribution in [0.5, 0.6) is 0 Å². The maximum absolute atomic E-state index is 5.08. The van der Waals surface area contributed by atoms with Crippen molar-refractivity contribution < 1.29 is 42.1 Å². The normalized spacial score (nSPS) is 13.8. The van der Waals surface area contributed by atoms with Crippen molar-refractivity contribution in [3.63, 3.8) is 0 Å². The molecule has 2 aliphatic heterocycles. The molecule has 0 spiro atoms. The smallest absolute Gasteiger partial charge is 0.135 e. The topological polar surface area (TPSA) is 48.6 Å². The first-order valence-electron chi connectivity index (χ1n) is 42.2. The number of pyridine rings is 2. The fourth-order valence-corrected chi connectivity index (χ4v) is 19.7. The van der Waals surface area contributed by atoms with Crippen molar-refractivity contribution in [1.82, 2.24) is 19.1 Å². The molecule has 0 radical (unpaired) electrons. The van der Waals surface area contributed by atoms with E-state index < -0.39 is 10.8 Å². The van der Waals surface area contributed by atoms with E-state index in [1.54, 1.807) is 0 Å². The Hall–Kier alpha value is -13.2. The van der Waals surface area contributed by atoms with Crippen LogP contribution in [0.1, 0.15) is 108 Å². The minimum absolute atomic E-state index is 0. The summed E-state index contributed by atoms with van der Waals surface area (Å²) in [5.74, 6) is 1.77. The Bertz CT molecular complexity index is 7210. The molecular weight excluding hydrogens is 1870 g/mol. The van der Waals surface area contributed by atoms with Crippen LogP contribution in [0.15, 0.2) is 376 Å². The Kier molecular flexibility index (Phi) is 20.2. The van der Waals surface area contributed by atoms with Gasteiger partial charge in [-0.3, -0.25) is 0 Å². The summed E-state index contributed by atoms with van der Waals surface area (Å²) < 4.78 is 4.64. The molecule has 23 rings (SSSR count). The third-order valence-corrected chi connectivity index (χ3v) is 25.4. The van der Waals surface area contributed by atoms with Gasteiger partial charge in [0, 0.05) is 112 Å². The van der Waals surface area contributed by atoms with Crippen LogP contribution in [-0.4, -0.2) is 19.1 Å². The summed E-state index contributed by atoms with van der Waals surface area (Å²) in [5, 5.41) is 4.63. The molecule has 0 unspecified atom stereocenters. The van der Waals surface area contributed by atoms with E-state index in [1.165, 1.54) is 100 Å². The Morgan fingerprint density at radius 3 is 1.11 bits per heavy atom. The van der Waals surface area contributed by atoms with Crippen LogP contribution in [0.4, 0.5) is 34.1 Å². The molecule has 0 amide bonds. The van der Waals surface area contributed by atoms with E-state index >= 15 is 0 Å². The van der Waals surface area contributed by atoms with E-state index in [-0.39, 0.29) is 53.0 Å². The van der Waals surface area contributed by atoms with Gasteiger partial charge in [-0.2, -0.15) is 98.3 Å². The molecule has 6 heterocycles. The first-order chi connectivity index (χ1) is 59.7. The number of aromatic nitrogens is 4. The van der Waals surface area contributed by atoms with Gasteiger partial charge in [-0.05, 0) is 160 Å². The fraction of sp³-hybridized carbons (Fsp3) is 0.105. The van der Waals surface area contributed by atoms with Gasteiger partial charge in [-0.15, -0.1) is 44.4 Å². The number of hydrogen-bond donors (Lipinski definition) is 0. The van der Waals surface area contributed by atoms with Gasteiger partial charge < -0.3 is 28.7 Å². The van der Waals surface area contributed by atoms with Gasteiger partial charge in [0.2, 0.25) is 0 Å². The Morgan fingerprint density at radius 1 is 0.298 bits per heavy atom. The van der Waals surface area contributed by atoms with Gasteiger partial charge in [-0.25, -0.2) is 9.97 Å². The zero-order chi connectivity index (χ0) is 82.0. The van der Waals surface area contributed by atoms with Crippen LogP contribution >= 0.6 is 0 Å². The summed E-state index contributed by atoms with van der Waals surface area (Å²) in [7, 11) is 0. The number of anilines is 6. The van der Waals surface area contributed by atoms with E-state index in [9.17, 15) is 0 Å². The van der Waals surface area contributed by atoms with Crippen molar-refractivity contribution in [3.8, 4) is 45.0 Å². The largest absolute Gasteiger partial charge is 0.498 e. The van der Waals surface area contributed by atoms with Gasteiger partial charge in [0.1, 0.15) is 11.6 Å². The SMILES string of the molecule is CC(C)(C)c1ccnc(-n2c3[c-]c(C4(c5[c-]c(N6[CH-]N(Cc7ccccc7)c7ccccc76)ccc5)c5ccccc5-c5ccccc54)ccc3c3cc(-c4ccccc4)ccc32)c1.CC(C)(C)c1ccnc(-n2c3[c-]c(C4(c5[c-]c(N6[CH-]N(Cc7ccccc7)c7ccccc76)ccc5)c5ccccc5-c5ccccc54)ccc3c3ccccc32)c1.[Pt].[Pt]. The maximum atomic E-state index is 5.08. The summed E-state index contributed by atoms with van der Waals surface area (Å²) in [6, 6.07) is 148. The molecule has 4 aromatic heterocycles. The zero-order valence-electron chi connectivity index (χ0n) is 69.6. The zero-order valence-corrected chi connectivity index (χ0v) is 74.1. The molecule has 0 atom stereocenters. The van der Waals surface area contributed by atoms with E-state index in [2.05, 4.69) is 472 Å². The van der Waals surface area contributed by atoms with E-state index in [4.69, 9.17) is 9.97 Å². The number of para-hydroxylation sites is 5. The van der Waals surface area contributed by atoms with E-state index in [1.807, 2.05) is 12.4 Å². The molecular formula is C114H86N8Pt2-6. The molecule has 0 saturated heterocycles. The van der Waals surface area contributed by atoms with E-state index in [0.717, 1.165) is 103 Å². The van der Waals surface area contributed by atoms with Crippen LogP contribution in [-0.2, 0) is 76.9 Å². The molecule has 608 valence electrons. The monoisotopic (exact) mass is 1960 g/mol. The van der Waals surface area contributed by atoms with Crippen molar-refractivity contribution in [1.29, 1.82) is 0 Å². The van der Waals surface area contributed by atoms with Crippen molar-refractivity contribution in [2.24, 2.45) is 0 Å². The van der Waals surface area contributed by atoms with Gasteiger partial charge in [0.25, 0.3) is 0 Å². The summed E-state index contributed by atoms with van der Waals surface area (Å²) in [6.45, 7) is 19.5. The van der Waals surface area contributed by atoms with Gasteiger partial charge in [-0.1, -0.05) is 295 Å². The average molecular weight is 1960 g/mol. The molecule has 19 aromatic rings. The standard InChI is InChI=1S/C60H45N4.C54H41N4.2Pt/c1-59(2,3)44-33-34-61-58(38-44)64-54-32-29-43(42-19-8-5-9-20-42)35-51(54)50-31-30-46(37-57(50)64)60(52-25-12-10-23-48(52)49-24-11-13-26-53(49)60)45-21-16-22-47(36-45)63-40-62(39-41-17-6-4-7-18-41)55-27-14-15-28-56(55)63;1-53(2,3)38-30-31-55-52(34-38)58-48-25-12-9-22-44(48)45-29-28-40(33-51(45)58)54(46-23-10-7-20-42(46)43-21-8-11-24-47(43)54)39-18-15-19-41(32-39)57-36-56(35-37-16-5-4-6-17-37)49-26-13-14-27-50(49)57;;/h4-35,38,40H,39H2,1-3H3;4-31,34,36H,35H2,1-3H3;;/q2*-3;;. The van der Waals surface area contributed by atoms with Gasteiger partial charge >= 0.3 is 0 Å². The minimum Gasteiger partial charge on any atom is -0.498 e. The predicted molar refractivity (Wildman–Crippen MR) is 501 cm³/mol. The Labute approximate surface area is 754 Å². The first kappa shape index (κ1) is 79.3. The number of hydrogen-bond acceptors (Lipinski definition) is 6. The first-order valence-corrected chi connectivity index (χ1v) is 42.2. The molecule has 8 nitrogen and oxygen atoms in total. The minimum atomic E-state index is -0.739. The molecule has 4 aliphatic rings. The van der Waals surface area contributed by atoms with Crippen molar-refractivity contribution >= 4 is 77.7 Å². The number of rotatable bonds is 13. The maximum Gasteiger partial charge on any atom is 0.135 e. The van der Waals surface area contributed by atoms with Crippen LogP contribution in [0.2, 0.25) is 0 Å². The number of fused-ring (bicyclic) bond motifs is 14. The summed E-state index contributed by atoms with van der Waals surface area (Å²) in [5.41, 5.74) is 30.7. The number of benzene rings is 15. The second-order valence-corrected chi connectivity index (χ2v) is 34.6. The predicted octanol–water partition coefficient (Wildman–Crippen LogP) is 27.1. The Morgan fingerprint density at radius 2 is 0.669 bits per heavy atom. The third kappa shape index (κ3) is 13.1. The molecule has 0 bridgehead atoms. The quantitative estimate of drug-likeness (QED) is 0.107. The van der Waals surface area contributed by atoms with Crippen LogP contribution in [0, 0.1) is 37.6 Å². The third-order valence-electron chi connectivity index (χ3n) is 25.4. The summed E-state index contributed by atoms with van der Waals surface area (Å²) in [4.78, 5) is 19.3.